The van der Waals surface area contributed by atoms with Crippen LogP contribution in [-0.2, 0) is 6.54 Å². The van der Waals surface area contributed by atoms with Crippen LogP contribution in [0.25, 0.3) is 10.9 Å². The first-order chi connectivity index (χ1) is 16.9. The van der Waals surface area contributed by atoms with Gasteiger partial charge >= 0.3 is 0 Å². The second-order valence-corrected chi connectivity index (χ2v) is 9.78. The summed E-state index contributed by atoms with van der Waals surface area (Å²) in [5.74, 6) is 2.03. The standard InChI is InChI=1S/C27H32N6O2/c1-17-6-5-11-32(15-17)25(23-14-22-19(3)12-18(2)13-24(22)28-27(23)34)26-29-30-31-33(26)16-20-7-9-21(35-4)10-8-20/h7-10,12-14,17,25H,5-6,11,15-16H2,1-4H3,(H,28,34)/t17-,25-/m1/s1. The number of tetrazole rings is 1. The van der Waals surface area contributed by atoms with Gasteiger partial charge in [0.05, 0.1) is 13.7 Å². The van der Waals surface area contributed by atoms with E-state index >= 15 is 0 Å². The molecule has 1 saturated heterocycles. The van der Waals surface area contributed by atoms with E-state index < -0.39 is 0 Å². The highest BCUT2D eigenvalue weighted by atomic mass is 16.5. The maximum atomic E-state index is 13.5. The SMILES string of the molecule is COc1ccc(Cn2nnnc2[C@@H](c2cc3c(C)cc(C)cc3[nH]c2=O)N2CCC[C@@H](C)C2)cc1. The highest BCUT2D eigenvalue weighted by molar-refractivity contribution is 5.83. The Hall–Kier alpha value is -3.52. The van der Waals surface area contributed by atoms with Gasteiger partial charge in [-0.05, 0) is 90.5 Å². The number of aryl methyl sites for hydroxylation is 2. The smallest absolute Gasteiger partial charge is 0.253 e. The van der Waals surface area contributed by atoms with Crippen LogP contribution in [0.15, 0.2) is 47.3 Å². The fraction of sp³-hybridized carbons (Fsp3) is 0.407. The molecule has 1 fully saturated rings. The van der Waals surface area contributed by atoms with Crippen molar-refractivity contribution in [3.8, 4) is 5.75 Å². The van der Waals surface area contributed by atoms with Crippen LogP contribution in [0.4, 0.5) is 0 Å². The Morgan fingerprint density at radius 2 is 1.97 bits per heavy atom. The third-order valence-corrected chi connectivity index (χ3v) is 6.99. The van der Waals surface area contributed by atoms with E-state index in [1.54, 1.807) is 7.11 Å². The molecular weight excluding hydrogens is 440 g/mol. The number of hydrogen-bond donors (Lipinski definition) is 1. The molecule has 8 heteroatoms. The number of nitrogens with zero attached hydrogens (tertiary/aromatic N) is 5. The number of likely N-dealkylation sites (tertiary alicyclic amines) is 1. The lowest BCUT2D eigenvalue weighted by atomic mass is 9.95. The topological polar surface area (TPSA) is 88.9 Å². The molecule has 0 bridgehead atoms. The minimum atomic E-state index is -0.333. The summed E-state index contributed by atoms with van der Waals surface area (Å²) < 4.78 is 7.10. The van der Waals surface area contributed by atoms with Crippen molar-refractivity contribution in [2.75, 3.05) is 20.2 Å². The third kappa shape index (κ3) is 4.71. The Kier molecular flexibility index (Phi) is 6.38. The van der Waals surface area contributed by atoms with Crippen LogP contribution in [0.3, 0.4) is 0 Å². The molecule has 0 aliphatic carbocycles. The number of piperidine rings is 1. The summed E-state index contributed by atoms with van der Waals surface area (Å²) in [5.41, 5.74) is 4.78. The predicted molar refractivity (Wildman–Crippen MR) is 136 cm³/mol. The van der Waals surface area contributed by atoms with Gasteiger partial charge < -0.3 is 9.72 Å². The van der Waals surface area contributed by atoms with Gasteiger partial charge in [0.1, 0.15) is 11.8 Å². The molecular formula is C27H32N6O2. The Morgan fingerprint density at radius 3 is 2.71 bits per heavy atom. The zero-order valence-electron chi connectivity index (χ0n) is 20.8. The van der Waals surface area contributed by atoms with Crippen molar-refractivity contribution in [3.05, 3.63) is 80.9 Å². The van der Waals surface area contributed by atoms with Crippen molar-refractivity contribution in [1.29, 1.82) is 0 Å². The second-order valence-electron chi connectivity index (χ2n) is 9.78. The molecule has 4 aromatic rings. The Balaban J connectivity index is 1.61. The maximum absolute atomic E-state index is 13.5. The molecule has 2 aromatic heterocycles. The van der Waals surface area contributed by atoms with Crippen molar-refractivity contribution < 1.29 is 4.74 Å². The quantitative estimate of drug-likeness (QED) is 0.456. The highest BCUT2D eigenvalue weighted by Crippen LogP contribution is 2.32. The van der Waals surface area contributed by atoms with Crippen LogP contribution in [0.2, 0.25) is 0 Å². The van der Waals surface area contributed by atoms with E-state index in [1.807, 2.05) is 48.0 Å². The van der Waals surface area contributed by atoms with E-state index in [9.17, 15) is 4.79 Å². The van der Waals surface area contributed by atoms with E-state index in [0.717, 1.165) is 52.9 Å². The largest absolute Gasteiger partial charge is 0.497 e. The van der Waals surface area contributed by atoms with Crippen molar-refractivity contribution >= 4 is 10.9 Å². The minimum Gasteiger partial charge on any atom is -0.497 e. The molecule has 1 aliphatic rings. The van der Waals surface area contributed by atoms with Gasteiger partial charge in [-0.3, -0.25) is 9.69 Å². The Morgan fingerprint density at radius 1 is 1.17 bits per heavy atom. The van der Waals surface area contributed by atoms with Gasteiger partial charge in [-0.1, -0.05) is 25.1 Å². The number of fused-ring (bicyclic) bond motifs is 1. The van der Waals surface area contributed by atoms with Crippen LogP contribution in [0, 0.1) is 19.8 Å². The summed E-state index contributed by atoms with van der Waals surface area (Å²) in [7, 11) is 1.66. The van der Waals surface area contributed by atoms with Gasteiger partial charge in [-0.25, -0.2) is 4.68 Å². The zero-order valence-corrected chi connectivity index (χ0v) is 20.8. The number of methoxy groups -OCH3 is 1. The fourth-order valence-corrected chi connectivity index (χ4v) is 5.28. The second kappa shape index (κ2) is 9.62. The third-order valence-electron chi connectivity index (χ3n) is 6.99. The Labute approximate surface area is 204 Å². The predicted octanol–water partition coefficient (Wildman–Crippen LogP) is 4.01. The van der Waals surface area contributed by atoms with E-state index in [4.69, 9.17) is 4.74 Å². The lowest BCUT2D eigenvalue weighted by Gasteiger charge is -2.36. The molecule has 0 radical (unpaired) electrons. The normalized spacial score (nSPS) is 17.5. The summed E-state index contributed by atoms with van der Waals surface area (Å²) >= 11 is 0. The van der Waals surface area contributed by atoms with Crippen LogP contribution >= 0.6 is 0 Å². The summed E-state index contributed by atoms with van der Waals surface area (Å²) in [4.78, 5) is 19.0. The first-order valence-corrected chi connectivity index (χ1v) is 12.2. The van der Waals surface area contributed by atoms with Crippen molar-refractivity contribution in [3.63, 3.8) is 0 Å². The molecule has 2 atom stereocenters. The van der Waals surface area contributed by atoms with E-state index in [1.165, 1.54) is 6.42 Å². The molecule has 35 heavy (non-hydrogen) atoms. The number of benzene rings is 2. The number of aromatic nitrogens is 5. The van der Waals surface area contributed by atoms with Gasteiger partial charge in [-0.2, -0.15) is 0 Å². The summed E-state index contributed by atoms with van der Waals surface area (Å²) in [6, 6.07) is 13.8. The lowest BCUT2D eigenvalue weighted by molar-refractivity contribution is 0.141. The van der Waals surface area contributed by atoms with Crippen LogP contribution in [-0.4, -0.2) is 50.3 Å². The summed E-state index contributed by atoms with van der Waals surface area (Å²) in [5, 5.41) is 13.9. The van der Waals surface area contributed by atoms with Gasteiger partial charge in [0.25, 0.3) is 5.56 Å². The van der Waals surface area contributed by atoms with E-state index in [-0.39, 0.29) is 11.6 Å². The number of H-pyrrole nitrogens is 1. The molecule has 0 unspecified atom stereocenters. The van der Waals surface area contributed by atoms with Crippen molar-refractivity contribution in [1.82, 2.24) is 30.1 Å². The van der Waals surface area contributed by atoms with Crippen LogP contribution < -0.4 is 10.3 Å². The summed E-state index contributed by atoms with van der Waals surface area (Å²) in [6.45, 7) is 8.70. The molecule has 5 rings (SSSR count). The molecule has 3 heterocycles. The molecule has 2 aromatic carbocycles. The molecule has 1 aliphatic heterocycles. The average molecular weight is 473 g/mol. The molecule has 0 amide bonds. The number of ether oxygens (including phenoxy) is 1. The van der Waals surface area contributed by atoms with Gasteiger partial charge in [-0.15, -0.1) is 5.10 Å². The number of pyridine rings is 1. The lowest BCUT2D eigenvalue weighted by Crippen LogP contribution is -2.41. The van der Waals surface area contributed by atoms with Crippen LogP contribution in [0.5, 0.6) is 5.75 Å². The number of aromatic amines is 1. The van der Waals surface area contributed by atoms with Gasteiger partial charge in [0.2, 0.25) is 0 Å². The van der Waals surface area contributed by atoms with E-state index in [2.05, 4.69) is 45.3 Å². The first-order valence-electron chi connectivity index (χ1n) is 12.2. The average Bonchev–Trinajstić information content (AvgIpc) is 3.28. The number of rotatable bonds is 6. The monoisotopic (exact) mass is 472 g/mol. The fourth-order valence-electron chi connectivity index (χ4n) is 5.28. The first kappa shape index (κ1) is 23.2. The molecule has 1 N–H and O–H groups in total. The maximum Gasteiger partial charge on any atom is 0.253 e. The van der Waals surface area contributed by atoms with Crippen molar-refractivity contribution in [2.24, 2.45) is 5.92 Å². The van der Waals surface area contributed by atoms with E-state index in [0.29, 0.717) is 23.9 Å². The minimum absolute atomic E-state index is 0.0928. The number of nitrogens with one attached hydrogen (secondary N) is 1. The van der Waals surface area contributed by atoms with Gasteiger partial charge in [0, 0.05) is 23.0 Å². The van der Waals surface area contributed by atoms with Gasteiger partial charge in [0.15, 0.2) is 5.82 Å². The van der Waals surface area contributed by atoms with Crippen LogP contribution in [0.1, 0.15) is 53.9 Å². The Bertz CT molecular complexity index is 1390. The summed E-state index contributed by atoms with van der Waals surface area (Å²) in [6.07, 6.45) is 2.27. The molecule has 182 valence electrons. The van der Waals surface area contributed by atoms with Crippen molar-refractivity contribution in [2.45, 2.75) is 46.2 Å². The molecule has 8 nitrogen and oxygen atoms in total. The molecule has 0 saturated carbocycles. The molecule has 0 spiro atoms. The number of hydrogen-bond acceptors (Lipinski definition) is 6. The zero-order chi connectivity index (χ0) is 24.5. The highest BCUT2D eigenvalue weighted by Gasteiger charge is 2.33.